The maximum absolute atomic E-state index is 11.3. The summed E-state index contributed by atoms with van der Waals surface area (Å²) in [4.78, 5) is 18.5. The summed E-state index contributed by atoms with van der Waals surface area (Å²) in [5.41, 5.74) is -0.143. The zero-order valence-corrected chi connectivity index (χ0v) is 9.99. The second-order valence-corrected chi connectivity index (χ2v) is 3.95. The molecule has 6 heteroatoms. The van der Waals surface area contributed by atoms with E-state index in [4.69, 9.17) is 9.47 Å². The van der Waals surface area contributed by atoms with Crippen LogP contribution in [0.1, 0.15) is 29.2 Å². The lowest BCUT2D eigenvalue weighted by molar-refractivity contribution is -0.0995. The maximum Gasteiger partial charge on any atom is 0.356 e. The van der Waals surface area contributed by atoms with Crippen molar-refractivity contribution in [3.63, 3.8) is 0 Å². The molecule has 0 saturated carbocycles. The molecule has 0 aromatic carbocycles. The van der Waals surface area contributed by atoms with Crippen molar-refractivity contribution in [1.82, 2.24) is 9.97 Å². The molecule has 0 bridgehead atoms. The standard InChI is InChI=1S/C11H16N2O4/c1-15-9(14)8-7-12-10(13-8)11(16-2)3-5-17-6-4-11/h7H,3-6H2,1-2H3,(H,12,13). The predicted molar refractivity (Wildman–Crippen MR) is 58.7 cm³/mol. The van der Waals surface area contributed by atoms with Gasteiger partial charge in [-0.05, 0) is 0 Å². The Hall–Kier alpha value is -1.40. The van der Waals surface area contributed by atoms with Gasteiger partial charge < -0.3 is 19.2 Å². The number of H-pyrrole nitrogens is 1. The third kappa shape index (κ3) is 2.18. The highest BCUT2D eigenvalue weighted by Gasteiger charge is 2.37. The molecule has 1 aliphatic heterocycles. The fourth-order valence-corrected chi connectivity index (χ4v) is 2.01. The molecule has 1 aromatic heterocycles. The summed E-state index contributed by atoms with van der Waals surface area (Å²) >= 11 is 0. The highest BCUT2D eigenvalue weighted by molar-refractivity contribution is 5.86. The molecule has 17 heavy (non-hydrogen) atoms. The number of rotatable bonds is 3. The molecular weight excluding hydrogens is 224 g/mol. The van der Waals surface area contributed by atoms with Crippen LogP contribution in [0.4, 0.5) is 0 Å². The highest BCUT2D eigenvalue weighted by Crippen LogP contribution is 2.33. The second-order valence-electron chi connectivity index (χ2n) is 3.95. The van der Waals surface area contributed by atoms with Gasteiger partial charge in [0.2, 0.25) is 0 Å². The number of aromatic amines is 1. The number of carbonyl (C=O) groups is 1. The Bertz CT molecular complexity index is 396. The molecule has 1 N–H and O–H groups in total. The van der Waals surface area contributed by atoms with Crippen LogP contribution in [0.15, 0.2) is 6.20 Å². The summed E-state index contributed by atoms with van der Waals surface area (Å²) in [5.74, 6) is 0.228. The van der Waals surface area contributed by atoms with E-state index in [1.165, 1.54) is 13.3 Å². The Kier molecular flexibility index (Phi) is 3.44. The Labute approximate surface area is 99.3 Å². The van der Waals surface area contributed by atoms with Crippen LogP contribution in [0.25, 0.3) is 0 Å². The monoisotopic (exact) mass is 240 g/mol. The van der Waals surface area contributed by atoms with Crippen LogP contribution in [-0.4, -0.2) is 43.4 Å². The first-order valence-corrected chi connectivity index (χ1v) is 5.48. The predicted octanol–water partition coefficient (Wildman–Crippen LogP) is 0.848. The van der Waals surface area contributed by atoms with Crippen molar-refractivity contribution in [1.29, 1.82) is 0 Å². The van der Waals surface area contributed by atoms with Gasteiger partial charge in [-0.3, -0.25) is 0 Å². The number of nitrogens with one attached hydrogen (secondary N) is 1. The minimum atomic E-state index is -0.482. The molecule has 0 radical (unpaired) electrons. The molecule has 0 amide bonds. The van der Waals surface area contributed by atoms with E-state index in [0.29, 0.717) is 24.7 Å². The van der Waals surface area contributed by atoms with Crippen molar-refractivity contribution in [3.8, 4) is 0 Å². The van der Waals surface area contributed by atoms with Crippen molar-refractivity contribution in [3.05, 3.63) is 17.7 Å². The lowest BCUT2D eigenvalue weighted by Gasteiger charge is -2.33. The molecule has 1 aromatic rings. The van der Waals surface area contributed by atoms with E-state index in [9.17, 15) is 4.79 Å². The van der Waals surface area contributed by atoms with E-state index in [0.717, 1.165) is 12.8 Å². The zero-order valence-electron chi connectivity index (χ0n) is 9.99. The number of nitrogens with zero attached hydrogens (tertiary/aromatic N) is 1. The Morgan fingerprint density at radius 1 is 1.47 bits per heavy atom. The summed E-state index contributed by atoms with van der Waals surface area (Å²) in [7, 11) is 2.98. The van der Waals surface area contributed by atoms with E-state index in [2.05, 4.69) is 14.7 Å². The Balaban J connectivity index is 2.25. The number of hydrogen-bond acceptors (Lipinski definition) is 5. The number of methoxy groups -OCH3 is 2. The fraction of sp³-hybridized carbons (Fsp3) is 0.636. The summed E-state index contributed by atoms with van der Waals surface area (Å²) in [6.07, 6.45) is 2.91. The van der Waals surface area contributed by atoms with Gasteiger partial charge in [-0.1, -0.05) is 0 Å². The quantitative estimate of drug-likeness (QED) is 0.793. The van der Waals surface area contributed by atoms with Crippen LogP contribution >= 0.6 is 0 Å². The van der Waals surface area contributed by atoms with Gasteiger partial charge in [0.1, 0.15) is 17.1 Å². The first-order chi connectivity index (χ1) is 8.22. The smallest absolute Gasteiger partial charge is 0.356 e. The molecule has 6 nitrogen and oxygen atoms in total. The maximum atomic E-state index is 11.3. The first-order valence-electron chi connectivity index (χ1n) is 5.48. The number of imidazole rings is 1. The molecule has 1 saturated heterocycles. The molecule has 2 rings (SSSR count). The Morgan fingerprint density at radius 2 is 2.18 bits per heavy atom. The average molecular weight is 240 g/mol. The number of aromatic nitrogens is 2. The average Bonchev–Trinajstić information content (AvgIpc) is 2.88. The molecule has 2 heterocycles. The molecule has 0 aliphatic carbocycles. The van der Waals surface area contributed by atoms with Crippen LogP contribution in [0.3, 0.4) is 0 Å². The van der Waals surface area contributed by atoms with E-state index in [-0.39, 0.29) is 0 Å². The molecule has 0 unspecified atom stereocenters. The third-order valence-electron chi connectivity index (χ3n) is 3.10. The molecular formula is C11H16N2O4. The first kappa shape index (κ1) is 12.1. The number of carbonyl (C=O) groups excluding carboxylic acids is 1. The van der Waals surface area contributed by atoms with Crippen molar-refractivity contribution >= 4 is 5.97 Å². The lowest BCUT2D eigenvalue weighted by Crippen LogP contribution is -2.36. The fourth-order valence-electron chi connectivity index (χ4n) is 2.01. The highest BCUT2D eigenvalue weighted by atomic mass is 16.5. The van der Waals surface area contributed by atoms with Gasteiger partial charge in [-0.15, -0.1) is 0 Å². The topological polar surface area (TPSA) is 73.4 Å². The van der Waals surface area contributed by atoms with Gasteiger partial charge in [-0.2, -0.15) is 0 Å². The van der Waals surface area contributed by atoms with Crippen LogP contribution in [0.2, 0.25) is 0 Å². The van der Waals surface area contributed by atoms with Gasteiger partial charge in [0.15, 0.2) is 0 Å². The van der Waals surface area contributed by atoms with Gasteiger partial charge in [0, 0.05) is 33.2 Å². The second kappa shape index (κ2) is 4.85. The minimum Gasteiger partial charge on any atom is -0.464 e. The summed E-state index contributed by atoms with van der Waals surface area (Å²) in [6, 6.07) is 0. The SMILES string of the molecule is COC(=O)c1cnc(C2(OC)CCOCC2)[nH]1. The van der Waals surface area contributed by atoms with Crippen LogP contribution in [0, 0.1) is 0 Å². The Morgan fingerprint density at radius 3 is 2.76 bits per heavy atom. The molecule has 0 spiro atoms. The number of ether oxygens (including phenoxy) is 3. The molecule has 1 aliphatic rings. The van der Waals surface area contributed by atoms with Crippen molar-refractivity contribution in [2.24, 2.45) is 0 Å². The van der Waals surface area contributed by atoms with Gasteiger partial charge in [0.25, 0.3) is 0 Å². The normalized spacial score (nSPS) is 18.9. The largest absolute Gasteiger partial charge is 0.464 e. The summed E-state index contributed by atoms with van der Waals surface area (Å²) in [5, 5.41) is 0. The van der Waals surface area contributed by atoms with E-state index >= 15 is 0 Å². The van der Waals surface area contributed by atoms with Crippen LogP contribution in [0.5, 0.6) is 0 Å². The molecule has 0 atom stereocenters. The van der Waals surface area contributed by atoms with Gasteiger partial charge in [-0.25, -0.2) is 9.78 Å². The van der Waals surface area contributed by atoms with Crippen molar-refractivity contribution < 1.29 is 19.0 Å². The van der Waals surface area contributed by atoms with E-state index < -0.39 is 11.6 Å². The van der Waals surface area contributed by atoms with E-state index in [1.807, 2.05) is 0 Å². The summed E-state index contributed by atoms with van der Waals surface area (Å²) < 4.78 is 15.5. The number of esters is 1. The van der Waals surface area contributed by atoms with Gasteiger partial charge in [0.05, 0.1) is 13.3 Å². The van der Waals surface area contributed by atoms with Gasteiger partial charge >= 0.3 is 5.97 Å². The van der Waals surface area contributed by atoms with Crippen molar-refractivity contribution in [2.45, 2.75) is 18.4 Å². The minimum absolute atomic E-state index is 0.338. The molecule has 94 valence electrons. The van der Waals surface area contributed by atoms with E-state index in [1.54, 1.807) is 7.11 Å². The zero-order chi connectivity index (χ0) is 12.3. The number of hydrogen-bond donors (Lipinski definition) is 1. The third-order valence-corrected chi connectivity index (χ3v) is 3.10. The molecule has 1 fully saturated rings. The van der Waals surface area contributed by atoms with Crippen LogP contribution in [-0.2, 0) is 19.8 Å². The van der Waals surface area contributed by atoms with Crippen molar-refractivity contribution in [2.75, 3.05) is 27.4 Å². The lowest BCUT2D eigenvalue weighted by atomic mass is 9.93. The summed E-state index contributed by atoms with van der Waals surface area (Å²) in [6.45, 7) is 1.25. The van der Waals surface area contributed by atoms with Crippen LogP contribution < -0.4 is 0 Å².